The van der Waals surface area contributed by atoms with Gasteiger partial charge in [0.2, 0.25) is 17.7 Å². The number of carbonyl (C=O) groups excluding carboxylic acids is 3. The molecule has 1 heterocycles. The fraction of sp³-hybridized carbons (Fsp3) is 0.227. The monoisotopic (exact) mass is 407 g/mol. The number of H-pyrrole nitrogens is 1. The molecule has 3 aromatic rings. The van der Waals surface area contributed by atoms with Gasteiger partial charge in [0.15, 0.2) is 0 Å². The minimum Gasteiger partial charge on any atom is -0.368 e. The minimum atomic E-state index is -0.881. The van der Waals surface area contributed by atoms with Crippen LogP contribution in [0.25, 0.3) is 10.9 Å². The number of hydrogen-bond acceptors (Lipinski definition) is 4. The molecule has 0 saturated heterocycles. The molecule has 2 atom stereocenters. The number of para-hydroxylation sites is 1. The first-order valence-corrected chi connectivity index (χ1v) is 9.65. The molecule has 0 saturated carbocycles. The van der Waals surface area contributed by atoms with Crippen molar-refractivity contribution in [2.75, 3.05) is 6.54 Å². The molecule has 8 heteroatoms. The van der Waals surface area contributed by atoms with E-state index < -0.39 is 29.8 Å². The van der Waals surface area contributed by atoms with Crippen LogP contribution in [0.4, 0.5) is 0 Å². The van der Waals surface area contributed by atoms with Crippen molar-refractivity contribution in [3.8, 4) is 0 Å². The number of carbonyl (C=O) groups is 3. The molecule has 0 radical (unpaired) electrons. The molecule has 0 spiro atoms. The summed E-state index contributed by atoms with van der Waals surface area (Å²) in [5, 5.41) is 6.15. The molecule has 0 aliphatic heterocycles. The van der Waals surface area contributed by atoms with Gasteiger partial charge in [-0.25, -0.2) is 0 Å². The summed E-state index contributed by atoms with van der Waals surface area (Å²) in [5.74, 6) is -1.61. The van der Waals surface area contributed by atoms with Gasteiger partial charge in [0, 0.05) is 23.5 Å². The highest BCUT2D eigenvalue weighted by Gasteiger charge is 2.25. The Bertz CT molecular complexity index is 1030. The van der Waals surface area contributed by atoms with E-state index in [1.807, 2.05) is 60.8 Å². The van der Waals surface area contributed by atoms with Crippen LogP contribution >= 0.6 is 0 Å². The second-order valence-electron chi connectivity index (χ2n) is 7.11. The van der Waals surface area contributed by atoms with E-state index in [-0.39, 0.29) is 13.0 Å². The Labute approximate surface area is 174 Å². The van der Waals surface area contributed by atoms with Gasteiger partial charge < -0.3 is 27.1 Å². The molecule has 0 unspecified atom stereocenters. The zero-order valence-corrected chi connectivity index (χ0v) is 16.4. The van der Waals surface area contributed by atoms with Crippen LogP contribution in [-0.4, -0.2) is 41.3 Å². The first-order chi connectivity index (χ1) is 14.4. The molecule has 2 aromatic carbocycles. The topological polar surface area (TPSA) is 143 Å². The Morgan fingerprint density at radius 2 is 1.63 bits per heavy atom. The molecule has 0 bridgehead atoms. The van der Waals surface area contributed by atoms with Crippen molar-refractivity contribution in [3.05, 3.63) is 71.9 Å². The van der Waals surface area contributed by atoms with Crippen LogP contribution in [0.15, 0.2) is 60.8 Å². The van der Waals surface area contributed by atoms with Crippen molar-refractivity contribution in [1.29, 1.82) is 0 Å². The predicted molar refractivity (Wildman–Crippen MR) is 114 cm³/mol. The van der Waals surface area contributed by atoms with Crippen LogP contribution in [0.5, 0.6) is 0 Å². The number of hydrogen-bond donors (Lipinski definition) is 5. The highest BCUT2D eigenvalue weighted by atomic mass is 16.2. The van der Waals surface area contributed by atoms with E-state index in [4.69, 9.17) is 11.5 Å². The first-order valence-electron chi connectivity index (χ1n) is 9.65. The lowest BCUT2D eigenvalue weighted by Crippen LogP contribution is -2.53. The van der Waals surface area contributed by atoms with Gasteiger partial charge in [0.1, 0.15) is 6.04 Å². The van der Waals surface area contributed by atoms with E-state index in [2.05, 4.69) is 15.6 Å². The lowest BCUT2D eigenvalue weighted by atomic mass is 10.0. The molecule has 3 rings (SSSR count). The van der Waals surface area contributed by atoms with E-state index in [1.165, 1.54) is 0 Å². The quantitative estimate of drug-likeness (QED) is 0.349. The SMILES string of the molecule is NC(=O)CNC(=O)[C@H](Cc1ccccc1)NC(=O)[C@@H](N)Cc1c[nH]c2ccccc12. The molecular weight excluding hydrogens is 382 g/mol. The maximum atomic E-state index is 12.7. The Hall–Kier alpha value is -3.65. The second-order valence-corrected chi connectivity index (χ2v) is 7.11. The van der Waals surface area contributed by atoms with Crippen LogP contribution in [0.3, 0.4) is 0 Å². The first kappa shape index (κ1) is 21.1. The van der Waals surface area contributed by atoms with Crippen LogP contribution in [0, 0.1) is 0 Å². The van der Waals surface area contributed by atoms with Crippen molar-refractivity contribution in [1.82, 2.24) is 15.6 Å². The zero-order valence-electron chi connectivity index (χ0n) is 16.4. The third-order valence-electron chi connectivity index (χ3n) is 4.80. The summed E-state index contributed by atoms with van der Waals surface area (Å²) in [6.45, 7) is -0.304. The van der Waals surface area contributed by atoms with Gasteiger partial charge in [0.25, 0.3) is 0 Å². The maximum Gasteiger partial charge on any atom is 0.243 e. The Balaban J connectivity index is 1.69. The normalized spacial score (nSPS) is 12.8. The van der Waals surface area contributed by atoms with Crippen molar-refractivity contribution in [3.63, 3.8) is 0 Å². The highest BCUT2D eigenvalue weighted by molar-refractivity contribution is 5.92. The third-order valence-corrected chi connectivity index (χ3v) is 4.80. The largest absolute Gasteiger partial charge is 0.368 e. The van der Waals surface area contributed by atoms with Crippen LogP contribution in [-0.2, 0) is 27.2 Å². The summed E-state index contributed by atoms with van der Waals surface area (Å²) in [5.41, 5.74) is 14.0. The number of aromatic nitrogens is 1. The van der Waals surface area contributed by atoms with Crippen molar-refractivity contribution >= 4 is 28.6 Å². The molecular formula is C22H25N5O3. The van der Waals surface area contributed by atoms with Crippen molar-refractivity contribution < 1.29 is 14.4 Å². The van der Waals surface area contributed by atoms with Crippen LogP contribution in [0.2, 0.25) is 0 Å². The van der Waals surface area contributed by atoms with E-state index in [0.29, 0.717) is 6.42 Å². The van der Waals surface area contributed by atoms with Crippen molar-refractivity contribution in [2.45, 2.75) is 24.9 Å². The molecule has 3 amide bonds. The molecule has 30 heavy (non-hydrogen) atoms. The number of nitrogens with two attached hydrogens (primary N) is 2. The predicted octanol–water partition coefficient (Wildman–Crippen LogP) is 0.367. The van der Waals surface area contributed by atoms with E-state index in [1.54, 1.807) is 0 Å². The molecule has 1 aromatic heterocycles. The molecule has 0 aliphatic rings. The smallest absolute Gasteiger partial charge is 0.243 e. The summed E-state index contributed by atoms with van der Waals surface area (Å²) in [6, 6.07) is 15.3. The molecule has 0 fully saturated rings. The number of aromatic amines is 1. The summed E-state index contributed by atoms with van der Waals surface area (Å²) in [6.07, 6.45) is 2.41. The zero-order chi connectivity index (χ0) is 21.5. The Kier molecular flexibility index (Phi) is 6.82. The molecule has 8 nitrogen and oxygen atoms in total. The summed E-state index contributed by atoms with van der Waals surface area (Å²) in [7, 11) is 0. The van der Waals surface area contributed by atoms with Gasteiger partial charge in [-0.2, -0.15) is 0 Å². The van der Waals surface area contributed by atoms with E-state index in [0.717, 1.165) is 22.0 Å². The number of nitrogens with one attached hydrogen (secondary N) is 3. The Morgan fingerprint density at radius 3 is 2.37 bits per heavy atom. The number of fused-ring (bicyclic) bond motifs is 1. The minimum absolute atomic E-state index is 0.261. The van der Waals surface area contributed by atoms with Crippen LogP contribution in [0.1, 0.15) is 11.1 Å². The van der Waals surface area contributed by atoms with Gasteiger partial charge in [0.05, 0.1) is 12.6 Å². The average Bonchev–Trinajstić information content (AvgIpc) is 3.15. The van der Waals surface area contributed by atoms with Gasteiger partial charge in [-0.05, 0) is 23.6 Å². The summed E-state index contributed by atoms with van der Waals surface area (Å²) in [4.78, 5) is 39.4. The Morgan fingerprint density at radius 1 is 0.933 bits per heavy atom. The van der Waals surface area contributed by atoms with E-state index >= 15 is 0 Å². The van der Waals surface area contributed by atoms with Crippen molar-refractivity contribution in [2.24, 2.45) is 11.5 Å². The third kappa shape index (κ3) is 5.45. The van der Waals surface area contributed by atoms with E-state index in [9.17, 15) is 14.4 Å². The van der Waals surface area contributed by atoms with Gasteiger partial charge in [-0.1, -0.05) is 48.5 Å². The van der Waals surface area contributed by atoms with Gasteiger partial charge >= 0.3 is 0 Å². The van der Waals surface area contributed by atoms with Gasteiger partial charge in [-0.15, -0.1) is 0 Å². The fourth-order valence-electron chi connectivity index (χ4n) is 3.27. The highest BCUT2D eigenvalue weighted by Crippen LogP contribution is 2.18. The lowest BCUT2D eigenvalue weighted by molar-refractivity contribution is -0.130. The molecule has 0 aliphatic carbocycles. The fourth-order valence-corrected chi connectivity index (χ4v) is 3.27. The number of amides is 3. The molecule has 7 N–H and O–H groups in total. The number of benzene rings is 2. The standard InChI is InChI=1S/C22H25N5O3/c23-17(11-15-12-25-18-9-5-4-8-16(15)18)21(29)27-19(22(30)26-13-20(24)28)10-14-6-2-1-3-7-14/h1-9,12,17,19,25H,10-11,13,23H2,(H2,24,28)(H,26,30)(H,27,29)/t17-,19-/m0/s1. The molecule has 156 valence electrons. The summed E-state index contributed by atoms with van der Waals surface area (Å²) >= 11 is 0. The van der Waals surface area contributed by atoms with Crippen LogP contribution < -0.4 is 22.1 Å². The van der Waals surface area contributed by atoms with Gasteiger partial charge in [-0.3, -0.25) is 14.4 Å². The second kappa shape index (κ2) is 9.71. The maximum absolute atomic E-state index is 12.7. The summed E-state index contributed by atoms with van der Waals surface area (Å²) < 4.78 is 0. The lowest BCUT2D eigenvalue weighted by Gasteiger charge is -2.20. The number of rotatable bonds is 9. The average molecular weight is 407 g/mol. The number of primary amides is 1.